The number of likely N-dealkylation sites (tertiary alicyclic amines) is 1. The van der Waals surface area contributed by atoms with Crippen molar-refractivity contribution in [1.82, 2.24) is 25.1 Å². The van der Waals surface area contributed by atoms with Crippen LogP contribution in [0.2, 0.25) is 0 Å². The largest absolute Gasteiger partial charge is 0.372 e. The Morgan fingerprint density at radius 2 is 2.18 bits per heavy atom. The fourth-order valence-corrected chi connectivity index (χ4v) is 2.70. The van der Waals surface area contributed by atoms with Crippen molar-refractivity contribution in [3.05, 3.63) is 41.7 Å². The number of aromatic amines is 1. The van der Waals surface area contributed by atoms with E-state index in [1.54, 1.807) is 0 Å². The van der Waals surface area contributed by atoms with E-state index in [1.807, 2.05) is 24.4 Å². The molecule has 0 atom stereocenters. The summed E-state index contributed by atoms with van der Waals surface area (Å²) in [6.45, 7) is 5.59. The molecule has 6 heteroatoms. The van der Waals surface area contributed by atoms with Crippen LogP contribution in [0.25, 0.3) is 0 Å². The molecule has 2 aromatic heterocycles. The molecule has 0 aromatic carbocycles. The molecule has 0 spiro atoms. The summed E-state index contributed by atoms with van der Waals surface area (Å²) >= 11 is 0. The van der Waals surface area contributed by atoms with Crippen LogP contribution in [-0.4, -0.2) is 44.3 Å². The highest BCUT2D eigenvalue weighted by Crippen LogP contribution is 2.16. The molecular weight excluding hydrogens is 278 g/mol. The standard InChI is InChI=1S/C16H23N5O/c1-2-15-18-16(20-19-15)11-21-9-6-14(7-10-21)22-12-13-5-3-4-8-17-13/h3-5,8,14H,2,6-7,9-12H2,1H3,(H,18,19,20). The number of hydrogen-bond donors (Lipinski definition) is 1. The van der Waals surface area contributed by atoms with Gasteiger partial charge in [-0.1, -0.05) is 13.0 Å². The summed E-state index contributed by atoms with van der Waals surface area (Å²) < 4.78 is 5.96. The number of aromatic nitrogens is 4. The zero-order chi connectivity index (χ0) is 15.2. The van der Waals surface area contributed by atoms with E-state index in [0.717, 1.165) is 56.2 Å². The molecule has 0 aliphatic carbocycles. The van der Waals surface area contributed by atoms with E-state index in [0.29, 0.717) is 12.7 Å². The Bertz CT molecular complexity index is 563. The van der Waals surface area contributed by atoms with Gasteiger partial charge < -0.3 is 4.74 Å². The molecule has 3 heterocycles. The first-order valence-electron chi connectivity index (χ1n) is 7.97. The van der Waals surface area contributed by atoms with Crippen LogP contribution in [0.5, 0.6) is 0 Å². The SMILES string of the molecule is CCc1n[nH]c(CN2CCC(OCc3ccccn3)CC2)n1. The number of ether oxygens (including phenoxy) is 1. The van der Waals surface area contributed by atoms with Gasteiger partial charge in [-0.3, -0.25) is 15.0 Å². The lowest BCUT2D eigenvalue weighted by Gasteiger charge is -2.31. The molecule has 1 aliphatic rings. The highest BCUT2D eigenvalue weighted by Gasteiger charge is 2.20. The second kappa shape index (κ2) is 7.47. The van der Waals surface area contributed by atoms with Gasteiger partial charge in [0, 0.05) is 25.7 Å². The Hall–Kier alpha value is -1.79. The van der Waals surface area contributed by atoms with Crippen molar-refractivity contribution in [1.29, 1.82) is 0 Å². The van der Waals surface area contributed by atoms with Gasteiger partial charge in [0.25, 0.3) is 0 Å². The van der Waals surface area contributed by atoms with Gasteiger partial charge >= 0.3 is 0 Å². The van der Waals surface area contributed by atoms with E-state index in [1.165, 1.54) is 0 Å². The highest BCUT2D eigenvalue weighted by molar-refractivity contribution is 5.02. The van der Waals surface area contributed by atoms with Crippen LogP contribution in [0.1, 0.15) is 37.1 Å². The van der Waals surface area contributed by atoms with Crippen LogP contribution in [0.15, 0.2) is 24.4 Å². The molecule has 2 aromatic rings. The van der Waals surface area contributed by atoms with Gasteiger partial charge in [-0.2, -0.15) is 5.10 Å². The van der Waals surface area contributed by atoms with Crippen molar-refractivity contribution in [2.45, 2.75) is 45.4 Å². The average Bonchev–Trinajstić information content (AvgIpc) is 3.03. The molecule has 118 valence electrons. The number of H-pyrrole nitrogens is 1. The summed E-state index contributed by atoms with van der Waals surface area (Å²) in [6.07, 6.45) is 5.13. The second-order valence-electron chi connectivity index (χ2n) is 5.66. The number of pyridine rings is 1. The first kappa shape index (κ1) is 15.1. The normalized spacial score (nSPS) is 17.0. The van der Waals surface area contributed by atoms with Crippen LogP contribution in [0.3, 0.4) is 0 Å². The zero-order valence-electron chi connectivity index (χ0n) is 13.0. The van der Waals surface area contributed by atoms with E-state index in [-0.39, 0.29) is 0 Å². The third-order valence-corrected chi connectivity index (χ3v) is 4.00. The van der Waals surface area contributed by atoms with Crippen molar-refractivity contribution >= 4 is 0 Å². The van der Waals surface area contributed by atoms with Gasteiger partial charge in [-0.15, -0.1) is 0 Å². The van der Waals surface area contributed by atoms with E-state index < -0.39 is 0 Å². The van der Waals surface area contributed by atoms with Gasteiger partial charge in [0.15, 0.2) is 0 Å². The predicted molar refractivity (Wildman–Crippen MR) is 83.1 cm³/mol. The van der Waals surface area contributed by atoms with Gasteiger partial charge in [-0.05, 0) is 25.0 Å². The van der Waals surface area contributed by atoms with Crippen LogP contribution >= 0.6 is 0 Å². The maximum absolute atomic E-state index is 5.96. The van der Waals surface area contributed by atoms with Crippen molar-refractivity contribution < 1.29 is 4.74 Å². The Kier molecular flexibility index (Phi) is 5.13. The lowest BCUT2D eigenvalue weighted by molar-refractivity contribution is -0.00563. The minimum atomic E-state index is 0.333. The van der Waals surface area contributed by atoms with E-state index in [9.17, 15) is 0 Å². The molecule has 0 unspecified atom stereocenters. The number of aryl methyl sites for hydroxylation is 1. The summed E-state index contributed by atoms with van der Waals surface area (Å²) in [5, 5.41) is 7.20. The monoisotopic (exact) mass is 301 g/mol. The summed E-state index contributed by atoms with van der Waals surface area (Å²) in [5.74, 6) is 1.85. The summed E-state index contributed by atoms with van der Waals surface area (Å²) in [5.41, 5.74) is 0.999. The smallest absolute Gasteiger partial charge is 0.150 e. The third kappa shape index (κ3) is 4.11. The van der Waals surface area contributed by atoms with Crippen LogP contribution < -0.4 is 0 Å². The van der Waals surface area contributed by atoms with Gasteiger partial charge in [0.2, 0.25) is 0 Å². The summed E-state index contributed by atoms with van der Waals surface area (Å²) in [6, 6.07) is 5.93. The quantitative estimate of drug-likeness (QED) is 0.883. The molecule has 22 heavy (non-hydrogen) atoms. The molecule has 1 saturated heterocycles. The average molecular weight is 301 g/mol. The van der Waals surface area contributed by atoms with E-state index in [2.05, 4.69) is 32.0 Å². The first-order chi connectivity index (χ1) is 10.8. The summed E-state index contributed by atoms with van der Waals surface area (Å²) in [7, 11) is 0. The maximum atomic E-state index is 5.96. The third-order valence-electron chi connectivity index (χ3n) is 4.00. The lowest BCUT2D eigenvalue weighted by atomic mass is 10.1. The van der Waals surface area contributed by atoms with Crippen molar-refractivity contribution in [2.75, 3.05) is 13.1 Å². The number of nitrogens with zero attached hydrogens (tertiary/aromatic N) is 4. The minimum absolute atomic E-state index is 0.333. The molecule has 3 rings (SSSR count). The number of rotatable bonds is 6. The Morgan fingerprint density at radius 3 is 2.86 bits per heavy atom. The minimum Gasteiger partial charge on any atom is -0.372 e. The molecular formula is C16H23N5O. The molecule has 1 aliphatic heterocycles. The Morgan fingerprint density at radius 1 is 1.32 bits per heavy atom. The van der Waals surface area contributed by atoms with Crippen LogP contribution in [0, 0.1) is 0 Å². The summed E-state index contributed by atoms with van der Waals surface area (Å²) in [4.78, 5) is 11.2. The number of piperidine rings is 1. The zero-order valence-corrected chi connectivity index (χ0v) is 13.0. The first-order valence-corrected chi connectivity index (χ1v) is 7.97. The van der Waals surface area contributed by atoms with Gasteiger partial charge in [-0.25, -0.2) is 4.98 Å². The van der Waals surface area contributed by atoms with Crippen LogP contribution in [0.4, 0.5) is 0 Å². The number of hydrogen-bond acceptors (Lipinski definition) is 5. The Labute approximate surface area is 130 Å². The molecule has 1 fully saturated rings. The highest BCUT2D eigenvalue weighted by atomic mass is 16.5. The van der Waals surface area contributed by atoms with Crippen molar-refractivity contribution in [3.8, 4) is 0 Å². The Balaban J connectivity index is 1.40. The van der Waals surface area contributed by atoms with Gasteiger partial charge in [0.1, 0.15) is 11.6 Å². The molecule has 6 nitrogen and oxygen atoms in total. The topological polar surface area (TPSA) is 66.9 Å². The fraction of sp³-hybridized carbons (Fsp3) is 0.562. The molecule has 0 saturated carbocycles. The van der Waals surface area contributed by atoms with Crippen molar-refractivity contribution in [3.63, 3.8) is 0 Å². The molecule has 1 N–H and O–H groups in total. The molecule has 0 bridgehead atoms. The predicted octanol–water partition coefficient (Wildman–Crippen LogP) is 1.94. The maximum Gasteiger partial charge on any atom is 0.150 e. The van der Waals surface area contributed by atoms with Crippen LogP contribution in [-0.2, 0) is 24.3 Å². The molecule has 0 radical (unpaired) electrons. The molecule has 0 amide bonds. The van der Waals surface area contributed by atoms with E-state index in [4.69, 9.17) is 4.74 Å². The van der Waals surface area contributed by atoms with E-state index >= 15 is 0 Å². The van der Waals surface area contributed by atoms with Crippen molar-refractivity contribution in [2.24, 2.45) is 0 Å². The number of nitrogens with one attached hydrogen (secondary N) is 1. The lowest BCUT2D eigenvalue weighted by Crippen LogP contribution is -2.36. The van der Waals surface area contributed by atoms with Gasteiger partial charge in [0.05, 0.1) is 24.9 Å². The second-order valence-corrected chi connectivity index (χ2v) is 5.66. The fourth-order valence-electron chi connectivity index (χ4n) is 2.70.